The molecule has 0 nitrogen and oxygen atoms in total. The topological polar surface area (TPSA) is 0 Å². The standard InChI is InChI=1S/C27H42/c1-18(2)9-8-10-19(3)25-13-14-26-24-17-21-11-6-7-12-22(21)20(4)23(24)15-16-27(25,26)5/h17-19,25-26H,6-16H2,1-5H3. The quantitative estimate of drug-likeness (QED) is 0.499. The fourth-order valence-corrected chi connectivity index (χ4v) is 7.35. The van der Waals surface area contributed by atoms with E-state index in [1.165, 1.54) is 70.6 Å². The van der Waals surface area contributed by atoms with Gasteiger partial charge in [-0.05, 0) is 115 Å². The molecule has 150 valence electrons. The van der Waals surface area contributed by atoms with Crippen molar-refractivity contribution < 1.29 is 0 Å². The van der Waals surface area contributed by atoms with E-state index >= 15 is 0 Å². The first-order chi connectivity index (χ1) is 12.9. The first-order valence-corrected chi connectivity index (χ1v) is 12.1. The summed E-state index contributed by atoms with van der Waals surface area (Å²) in [5.41, 5.74) is 9.26. The molecular weight excluding hydrogens is 324 g/mol. The van der Waals surface area contributed by atoms with Crippen molar-refractivity contribution >= 4 is 0 Å². The van der Waals surface area contributed by atoms with Crippen molar-refractivity contribution in [2.75, 3.05) is 0 Å². The van der Waals surface area contributed by atoms with Crippen molar-refractivity contribution in [2.24, 2.45) is 23.2 Å². The first-order valence-electron chi connectivity index (χ1n) is 12.1. The first kappa shape index (κ1) is 19.5. The van der Waals surface area contributed by atoms with E-state index in [1.807, 2.05) is 0 Å². The summed E-state index contributed by atoms with van der Waals surface area (Å²) in [6, 6.07) is 2.70. The Balaban J connectivity index is 1.58. The molecule has 4 unspecified atom stereocenters. The molecule has 0 radical (unpaired) electrons. The summed E-state index contributed by atoms with van der Waals surface area (Å²) in [5, 5.41) is 0. The van der Waals surface area contributed by atoms with E-state index in [9.17, 15) is 0 Å². The van der Waals surface area contributed by atoms with Gasteiger partial charge in [-0.3, -0.25) is 0 Å². The van der Waals surface area contributed by atoms with Crippen LogP contribution < -0.4 is 0 Å². The lowest BCUT2D eigenvalue weighted by atomic mass is 9.59. The molecule has 3 aliphatic carbocycles. The van der Waals surface area contributed by atoms with Gasteiger partial charge in [0.2, 0.25) is 0 Å². The van der Waals surface area contributed by atoms with Gasteiger partial charge in [0.1, 0.15) is 0 Å². The summed E-state index contributed by atoms with van der Waals surface area (Å²) in [5.74, 6) is 3.54. The van der Waals surface area contributed by atoms with Gasteiger partial charge in [0.05, 0.1) is 0 Å². The van der Waals surface area contributed by atoms with Crippen LogP contribution in [0.2, 0.25) is 0 Å². The van der Waals surface area contributed by atoms with Crippen LogP contribution in [0.5, 0.6) is 0 Å². The summed E-state index contributed by atoms with van der Waals surface area (Å²) in [6.45, 7) is 12.4. The normalized spacial score (nSPS) is 30.7. The zero-order valence-electron chi connectivity index (χ0n) is 18.7. The lowest BCUT2D eigenvalue weighted by Gasteiger charge is -2.45. The van der Waals surface area contributed by atoms with Gasteiger partial charge in [-0.25, -0.2) is 0 Å². The molecule has 1 saturated carbocycles. The van der Waals surface area contributed by atoms with E-state index in [0.29, 0.717) is 5.41 Å². The molecule has 0 amide bonds. The van der Waals surface area contributed by atoms with E-state index in [2.05, 4.69) is 40.7 Å². The number of rotatable bonds is 5. The summed E-state index contributed by atoms with van der Waals surface area (Å²) in [7, 11) is 0. The maximum atomic E-state index is 2.70. The average molecular weight is 367 g/mol. The Morgan fingerprint density at radius 3 is 2.56 bits per heavy atom. The minimum atomic E-state index is 0.555. The molecule has 0 N–H and O–H groups in total. The van der Waals surface area contributed by atoms with Gasteiger partial charge in [0, 0.05) is 0 Å². The Morgan fingerprint density at radius 1 is 1.00 bits per heavy atom. The molecule has 4 atom stereocenters. The monoisotopic (exact) mass is 366 g/mol. The molecule has 0 aliphatic heterocycles. The van der Waals surface area contributed by atoms with Crippen LogP contribution in [-0.2, 0) is 19.3 Å². The van der Waals surface area contributed by atoms with Gasteiger partial charge < -0.3 is 0 Å². The summed E-state index contributed by atoms with van der Waals surface area (Å²) in [4.78, 5) is 0. The van der Waals surface area contributed by atoms with Crippen LogP contribution in [0.3, 0.4) is 0 Å². The molecule has 0 bridgehead atoms. The van der Waals surface area contributed by atoms with Crippen molar-refractivity contribution in [1.29, 1.82) is 0 Å². The van der Waals surface area contributed by atoms with Gasteiger partial charge in [0.15, 0.2) is 0 Å². The number of fused-ring (bicyclic) bond motifs is 4. The Morgan fingerprint density at radius 2 is 1.78 bits per heavy atom. The van der Waals surface area contributed by atoms with Crippen molar-refractivity contribution in [1.82, 2.24) is 0 Å². The number of benzene rings is 1. The highest BCUT2D eigenvalue weighted by molar-refractivity contribution is 5.50. The summed E-state index contributed by atoms with van der Waals surface area (Å²) >= 11 is 0. The second-order valence-corrected chi connectivity index (χ2v) is 11.0. The Bertz CT molecular complexity index is 682. The third-order valence-corrected chi connectivity index (χ3v) is 8.92. The fourth-order valence-electron chi connectivity index (χ4n) is 7.35. The molecule has 0 spiro atoms. The SMILES string of the molecule is Cc1c2c(cc3c1CCC1(C)C3CCC1C(C)CCCC(C)C)CCCC2. The Hall–Kier alpha value is -0.780. The van der Waals surface area contributed by atoms with Gasteiger partial charge in [0.25, 0.3) is 0 Å². The molecule has 3 aliphatic rings. The predicted molar refractivity (Wildman–Crippen MR) is 118 cm³/mol. The van der Waals surface area contributed by atoms with Crippen LogP contribution in [0.15, 0.2) is 6.07 Å². The van der Waals surface area contributed by atoms with Gasteiger partial charge >= 0.3 is 0 Å². The van der Waals surface area contributed by atoms with Crippen LogP contribution in [0.4, 0.5) is 0 Å². The Kier molecular flexibility index (Phi) is 5.47. The highest BCUT2D eigenvalue weighted by atomic mass is 14.5. The molecule has 27 heavy (non-hydrogen) atoms. The minimum Gasteiger partial charge on any atom is -0.0628 e. The van der Waals surface area contributed by atoms with E-state index < -0.39 is 0 Å². The smallest absolute Gasteiger partial charge is 0.0102 e. The van der Waals surface area contributed by atoms with E-state index in [1.54, 1.807) is 27.8 Å². The largest absolute Gasteiger partial charge is 0.0628 e. The number of aryl methyl sites for hydroxylation is 1. The lowest BCUT2D eigenvalue weighted by molar-refractivity contribution is 0.118. The van der Waals surface area contributed by atoms with Crippen LogP contribution >= 0.6 is 0 Å². The van der Waals surface area contributed by atoms with Crippen LogP contribution in [0.1, 0.15) is 113 Å². The molecule has 1 aromatic carbocycles. The Labute approximate surface area is 168 Å². The van der Waals surface area contributed by atoms with Crippen molar-refractivity contribution in [3.63, 3.8) is 0 Å². The molecule has 0 heterocycles. The maximum Gasteiger partial charge on any atom is -0.0102 e. The van der Waals surface area contributed by atoms with Crippen molar-refractivity contribution in [2.45, 2.75) is 111 Å². The molecule has 4 rings (SSSR count). The van der Waals surface area contributed by atoms with Crippen LogP contribution in [-0.4, -0.2) is 0 Å². The number of hydrogen-bond acceptors (Lipinski definition) is 0. The summed E-state index contributed by atoms with van der Waals surface area (Å²) < 4.78 is 0. The van der Waals surface area contributed by atoms with E-state index in [-0.39, 0.29) is 0 Å². The average Bonchev–Trinajstić information content (AvgIpc) is 2.99. The van der Waals surface area contributed by atoms with Crippen LogP contribution in [0, 0.1) is 30.1 Å². The van der Waals surface area contributed by atoms with E-state index in [4.69, 9.17) is 0 Å². The van der Waals surface area contributed by atoms with Gasteiger partial charge in [-0.15, -0.1) is 0 Å². The van der Waals surface area contributed by atoms with Gasteiger partial charge in [-0.1, -0.05) is 53.0 Å². The molecule has 0 aromatic heterocycles. The van der Waals surface area contributed by atoms with Crippen molar-refractivity contribution in [3.05, 3.63) is 33.9 Å². The lowest BCUT2D eigenvalue weighted by Crippen LogP contribution is -2.35. The third kappa shape index (κ3) is 3.40. The molecule has 0 saturated heterocycles. The minimum absolute atomic E-state index is 0.555. The van der Waals surface area contributed by atoms with Crippen LogP contribution in [0.25, 0.3) is 0 Å². The number of hydrogen-bond donors (Lipinski definition) is 0. The van der Waals surface area contributed by atoms with E-state index in [0.717, 1.165) is 23.7 Å². The second kappa shape index (κ2) is 7.57. The zero-order chi connectivity index (χ0) is 19.2. The highest BCUT2D eigenvalue weighted by Gasteiger charge is 2.51. The molecule has 1 aromatic rings. The van der Waals surface area contributed by atoms with Gasteiger partial charge in [-0.2, -0.15) is 0 Å². The summed E-state index contributed by atoms with van der Waals surface area (Å²) in [6.07, 6.45) is 15.5. The predicted octanol–water partition coefficient (Wildman–Crippen LogP) is 7.78. The van der Waals surface area contributed by atoms with Crippen molar-refractivity contribution in [3.8, 4) is 0 Å². The highest BCUT2D eigenvalue weighted by Crippen LogP contribution is 2.61. The molecule has 1 fully saturated rings. The second-order valence-electron chi connectivity index (χ2n) is 11.0. The molecule has 0 heteroatoms. The molecular formula is C27H42. The zero-order valence-corrected chi connectivity index (χ0v) is 18.7. The fraction of sp³-hybridized carbons (Fsp3) is 0.778. The maximum absolute atomic E-state index is 2.70. The third-order valence-electron chi connectivity index (χ3n) is 8.92.